The molecule has 2 fully saturated rings. The minimum absolute atomic E-state index is 0.119. The van der Waals surface area contributed by atoms with Gasteiger partial charge in [-0.25, -0.2) is 8.42 Å². The Morgan fingerprint density at radius 3 is 2.69 bits per heavy atom. The Hall–Kier alpha value is -1.44. The van der Waals surface area contributed by atoms with E-state index in [1.54, 1.807) is 30.3 Å². The van der Waals surface area contributed by atoms with Crippen LogP contribution in [0.3, 0.4) is 0 Å². The van der Waals surface area contributed by atoms with Gasteiger partial charge in [-0.2, -0.15) is 4.31 Å². The van der Waals surface area contributed by atoms with Crippen LogP contribution in [0.2, 0.25) is 0 Å². The first kappa shape index (κ1) is 19.3. The maximum Gasteiger partial charge on any atom is 0.243 e. The van der Waals surface area contributed by atoms with Gasteiger partial charge in [0, 0.05) is 32.2 Å². The van der Waals surface area contributed by atoms with Gasteiger partial charge >= 0.3 is 0 Å². The summed E-state index contributed by atoms with van der Waals surface area (Å²) in [6.07, 6.45) is 3.39. The normalized spacial score (nSPS) is 24.5. The van der Waals surface area contributed by atoms with E-state index in [1.165, 1.54) is 4.31 Å². The van der Waals surface area contributed by atoms with Crippen LogP contribution in [0.5, 0.6) is 0 Å². The smallest absolute Gasteiger partial charge is 0.243 e. The summed E-state index contributed by atoms with van der Waals surface area (Å²) < 4.78 is 27.3. The van der Waals surface area contributed by atoms with Crippen molar-refractivity contribution in [1.29, 1.82) is 0 Å². The van der Waals surface area contributed by atoms with Gasteiger partial charge < -0.3 is 10.2 Å². The van der Waals surface area contributed by atoms with Crippen molar-refractivity contribution < 1.29 is 13.2 Å². The molecule has 0 spiro atoms. The number of nitrogens with one attached hydrogen (secondary N) is 1. The van der Waals surface area contributed by atoms with Gasteiger partial charge in [0.25, 0.3) is 0 Å². The molecular formula is C19H29N3O3S. The molecule has 2 unspecified atom stereocenters. The number of nitrogens with zero attached hydrogens (tertiary/aromatic N) is 2. The summed E-state index contributed by atoms with van der Waals surface area (Å²) in [5, 5.41) is 3.32. The molecule has 1 aromatic rings. The number of sulfonamides is 1. The Morgan fingerprint density at radius 1 is 1.27 bits per heavy atom. The zero-order valence-electron chi connectivity index (χ0n) is 15.4. The third-order valence-corrected chi connectivity index (χ3v) is 7.22. The number of hydrogen-bond donors (Lipinski definition) is 1. The maximum absolute atomic E-state index is 13.2. The standard InChI is InChI=1S/C19H29N3O3S/c1-2-12-22(17-10-11-20-14-17)19(23)16-7-6-13-21(15-16)26(24,25)18-8-4-3-5-9-18/h3-5,8-9,16-17,20H,2,6-7,10-15H2,1H3. The number of carbonyl (C=O) groups excluding carboxylic acids is 1. The van der Waals surface area contributed by atoms with Gasteiger partial charge in [0.1, 0.15) is 0 Å². The average Bonchev–Trinajstić information content (AvgIpc) is 3.21. The molecule has 2 atom stereocenters. The summed E-state index contributed by atoms with van der Waals surface area (Å²) in [5.74, 6) is -0.122. The average molecular weight is 380 g/mol. The summed E-state index contributed by atoms with van der Waals surface area (Å²) in [6.45, 7) is 5.38. The highest BCUT2D eigenvalue weighted by Gasteiger charge is 2.37. The number of piperidine rings is 1. The topological polar surface area (TPSA) is 69.7 Å². The van der Waals surface area contributed by atoms with E-state index in [0.717, 1.165) is 45.3 Å². The zero-order chi connectivity index (χ0) is 18.6. The van der Waals surface area contributed by atoms with Crippen LogP contribution >= 0.6 is 0 Å². The van der Waals surface area contributed by atoms with E-state index in [0.29, 0.717) is 11.4 Å². The number of hydrogen-bond acceptors (Lipinski definition) is 4. The number of carbonyl (C=O) groups is 1. The van der Waals surface area contributed by atoms with E-state index in [-0.39, 0.29) is 24.4 Å². The summed E-state index contributed by atoms with van der Waals surface area (Å²) >= 11 is 0. The number of benzene rings is 1. The Bertz CT molecular complexity index is 702. The molecule has 1 aromatic carbocycles. The molecule has 0 aliphatic carbocycles. The second-order valence-electron chi connectivity index (χ2n) is 7.19. The molecule has 0 radical (unpaired) electrons. The highest BCUT2D eigenvalue weighted by Crippen LogP contribution is 2.26. The minimum atomic E-state index is -3.54. The Balaban J connectivity index is 1.73. The molecule has 6 nitrogen and oxygen atoms in total. The summed E-state index contributed by atoms with van der Waals surface area (Å²) in [4.78, 5) is 15.5. The Labute approximate surface area is 156 Å². The first-order chi connectivity index (χ1) is 12.5. The first-order valence-electron chi connectivity index (χ1n) is 9.60. The summed E-state index contributed by atoms with van der Waals surface area (Å²) in [7, 11) is -3.54. The van der Waals surface area contributed by atoms with Crippen molar-refractivity contribution in [3.8, 4) is 0 Å². The molecule has 0 saturated carbocycles. The van der Waals surface area contributed by atoms with Crippen LogP contribution in [-0.4, -0.2) is 62.3 Å². The summed E-state index contributed by atoms with van der Waals surface area (Å²) in [5.41, 5.74) is 0. The Kier molecular flexibility index (Phi) is 6.32. The van der Waals surface area contributed by atoms with Crippen molar-refractivity contribution in [2.24, 2.45) is 5.92 Å². The van der Waals surface area contributed by atoms with E-state index in [9.17, 15) is 13.2 Å². The van der Waals surface area contributed by atoms with Crippen molar-refractivity contribution in [3.05, 3.63) is 30.3 Å². The third-order valence-electron chi connectivity index (χ3n) is 5.34. The Morgan fingerprint density at radius 2 is 2.04 bits per heavy atom. The molecule has 0 aromatic heterocycles. The minimum Gasteiger partial charge on any atom is -0.338 e. The van der Waals surface area contributed by atoms with Crippen LogP contribution < -0.4 is 5.32 Å². The number of rotatable bonds is 6. The molecule has 1 amide bonds. The van der Waals surface area contributed by atoms with E-state index in [4.69, 9.17) is 0 Å². The first-order valence-corrected chi connectivity index (χ1v) is 11.0. The SMILES string of the molecule is CCCN(C(=O)C1CCCN(S(=O)(=O)c2ccccc2)C1)C1CCNC1. The van der Waals surface area contributed by atoms with Gasteiger partial charge in [-0.15, -0.1) is 0 Å². The molecule has 3 rings (SSSR count). The lowest BCUT2D eigenvalue weighted by molar-refractivity contribution is -0.138. The molecule has 2 aliphatic rings. The largest absolute Gasteiger partial charge is 0.338 e. The lowest BCUT2D eigenvalue weighted by Gasteiger charge is -2.36. The van der Waals surface area contributed by atoms with E-state index in [2.05, 4.69) is 12.2 Å². The second-order valence-corrected chi connectivity index (χ2v) is 9.13. The second kappa shape index (κ2) is 8.50. The highest BCUT2D eigenvalue weighted by molar-refractivity contribution is 7.89. The van der Waals surface area contributed by atoms with Gasteiger partial charge in [0.15, 0.2) is 0 Å². The number of amides is 1. The van der Waals surface area contributed by atoms with Crippen LogP contribution in [-0.2, 0) is 14.8 Å². The predicted octanol–water partition coefficient (Wildman–Crippen LogP) is 1.69. The molecule has 2 aliphatic heterocycles. The maximum atomic E-state index is 13.2. The molecule has 2 saturated heterocycles. The fourth-order valence-electron chi connectivity index (χ4n) is 3.96. The predicted molar refractivity (Wildman–Crippen MR) is 101 cm³/mol. The van der Waals surface area contributed by atoms with Gasteiger partial charge in [0.05, 0.1) is 10.8 Å². The third kappa shape index (κ3) is 4.10. The molecule has 1 N–H and O–H groups in total. The molecule has 26 heavy (non-hydrogen) atoms. The van der Waals surface area contributed by atoms with Gasteiger partial charge in [0.2, 0.25) is 15.9 Å². The quantitative estimate of drug-likeness (QED) is 0.817. The monoisotopic (exact) mass is 379 g/mol. The van der Waals surface area contributed by atoms with Gasteiger partial charge in [-0.1, -0.05) is 25.1 Å². The van der Waals surface area contributed by atoms with Crippen molar-refractivity contribution in [3.63, 3.8) is 0 Å². The van der Waals surface area contributed by atoms with Crippen LogP contribution in [0, 0.1) is 5.92 Å². The van der Waals surface area contributed by atoms with Crippen LogP contribution in [0.1, 0.15) is 32.6 Å². The van der Waals surface area contributed by atoms with Crippen LogP contribution in [0.25, 0.3) is 0 Å². The van der Waals surface area contributed by atoms with Crippen molar-refractivity contribution in [2.75, 3.05) is 32.7 Å². The van der Waals surface area contributed by atoms with Crippen molar-refractivity contribution in [2.45, 2.75) is 43.5 Å². The summed E-state index contributed by atoms with van der Waals surface area (Å²) in [6, 6.07) is 8.75. The molecule has 144 valence electrons. The van der Waals surface area contributed by atoms with Gasteiger partial charge in [-0.3, -0.25) is 4.79 Å². The lowest BCUT2D eigenvalue weighted by atomic mass is 9.97. The highest BCUT2D eigenvalue weighted by atomic mass is 32.2. The van der Waals surface area contributed by atoms with Gasteiger partial charge in [-0.05, 0) is 44.4 Å². The van der Waals surface area contributed by atoms with E-state index < -0.39 is 10.0 Å². The van der Waals surface area contributed by atoms with Crippen LogP contribution in [0.4, 0.5) is 0 Å². The fraction of sp³-hybridized carbons (Fsp3) is 0.632. The molecule has 7 heteroatoms. The molecule has 2 heterocycles. The fourth-order valence-corrected chi connectivity index (χ4v) is 5.50. The van der Waals surface area contributed by atoms with E-state index in [1.807, 2.05) is 4.90 Å². The zero-order valence-corrected chi connectivity index (χ0v) is 16.2. The van der Waals surface area contributed by atoms with Crippen molar-refractivity contribution in [1.82, 2.24) is 14.5 Å². The van der Waals surface area contributed by atoms with Crippen LogP contribution in [0.15, 0.2) is 35.2 Å². The van der Waals surface area contributed by atoms with Crippen molar-refractivity contribution >= 4 is 15.9 Å². The van der Waals surface area contributed by atoms with E-state index >= 15 is 0 Å². The lowest BCUT2D eigenvalue weighted by Crippen LogP contribution is -2.50. The molecule has 0 bridgehead atoms. The molecular weight excluding hydrogens is 350 g/mol.